The summed E-state index contributed by atoms with van der Waals surface area (Å²) in [5, 5.41) is 0. The van der Waals surface area contributed by atoms with Crippen LogP contribution in [-0.2, 0) is 0 Å². The molecule has 4 rings (SSSR count). The molecule has 3 aromatic rings. The summed E-state index contributed by atoms with van der Waals surface area (Å²) in [5.74, 6) is 1.71. The predicted octanol–water partition coefficient (Wildman–Crippen LogP) is 5.48. The largest absolute Gasteiger partial charge is 0.457 e. The molecule has 4 nitrogen and oxygen atoms in total. The molecule has 1 heterocycles. The number of hydrogen-bond acceptors (Lipinski definition) is 4. The summed E-state index contributed by atoms with van der Waals surface area (Å²) in [6.07, 6.45) is 0.909. The third-order valence-electron chi connectivity index (χ3n) is 5.90. The molecule has 154 valence electrons. The highest BCUT2D eigenvalue weighted by Crippen LogP contribution is 2.28. The van der Waals surface area contributed by atoms with Crippen LogP contribution in [0.15, 0.2) is 72.8 Å². The van der Waals surface area contributed by atoms with Gasteiger partial charge in [0.1, 0.15) is 17.8 Å². The molecule has 0 unspecified atom stereocenters. The van der Waals surface area contributed by atoms with E-state index in [0.29, 0.717) is 6.04 Å². The molecule has 0 N–H and O–H groups in total. The minimum Gasteiger partial charge on any atom is -0.457 e. The fraction of sp³-hybridized carbons (Fsp3) is 0.269. The smallest absolute Gasteiger partial charge is 0.150 e. The van der Waals surface area contributed by atoms with Gasteiger partial charge in [-0.05, 0) is 67.4 Å². The lowest BCUT2D eigenvalue weighted by molar-refractivity contribution is 0.112. The number of hydrogen-bond donors (Lipinski definition) is 0. The number of aryl methyl sites for hydroxylation is 1. The van der Waals surface area contributed by atoms with E-state index < -0.39 is 0 Å². The third-order valence-corrected chi connectivity index (χ3v) is 5.90. The van der Waals surface area contributed by atoms with E-state index in [4.69, 9.17) is 4.74 Å². The first-order valence-corrected chi connectivity index (χ1v) is 10.5. The van der Waals surface area contributed by atoms with Crippen LogP contribution in [0.2, 0.25) is 0 Å². The lowest BCUT2D eigenvalue weighted by Crippen LogP contribution is -2.47. The molecule has 0 bridgehead atoms. The molecule has 1 saturated heterocycles. The number of para-hydroxylation sites is 1. The van der Waals surface area contributed by atoms with Gasteiger partial charge in [0.15, 0.2) is 0 Å². The highest BCUT2D eigenvalue weighted by Gasteiger charge is 2.23. The van der Waals surface area contributed by atoms with Crippen molar-refractivity contribution in [3.05, 3.63) is 89.5 Å². The predicted molar refractivity (Wildman–Crippen MR) is 122 cm³/mol. The number of ether oxygens (including phenoxy) is 1. The van der Waals surface area contributed by atoms with E-state index >= 15 is 0 Å². The van der Waals surface area contributed by atoms with Gasteiger partial charge in [-0.25, -0.2) is 0 Å². The van der Waals surface area contributed by atoms with Crippen LogP contribution in [0, 0.1) is 6.92 Å². The maximum absolute atomic E-state index is 11.0. The number of nitrogens with zero attached hydrogens (tertiary/aromatic N) is 2. The first-order chi connectivity index (χ1) is 14.6. The lowest BCUT2D eigenvalue weighted by atomic mass is 10.0. The third kappa shape index (κ3) is 4.55. The Balaban J connectivity index is 1.36. The monoisotopic (exact) mass is 400 g/mol. The number of aldehydes is 1. The molecular weight excluding hydrogens is 372 g/mol. The second-order valence-corrected chi connectivity index (χ2v) is 7.85. The molecule has 0 saturated carbocycles. The molecule has 4 heteroatoms. The van der Waals surface area contributed by atoms with Crippen molar-refractivity contribution in [2.75, 3.05) is 31.1 Å². The summed E-state index contributed by atoms with van der Waals surface area (Å²) in [5.41, 5.74) is 4.43. The molecule has 0 aliphatic carbocycles. The van der Waals surface area contributed by atoms with Crippen molar-refractivity contribution in [3.8, 4) is 11.5 Å². The van der Waals surface area contributed by atoms with Crippen LogP contribution < -0.4 is 9.64 Å². The van der Waals surface area contributed by atoms with Crippen molar-refractivity contribution in [1.82, 2.24) is 4.90 Å². The fourth-order valence-electron chi connectivity index (χ4n) is 4.11. The van der Waals surface area contributed by atoms with Gasteiger partial charge in [-0.1, -0.05) is 30.3 Å². The SMILES string of the molecule is Cc1cc(C=O)ccc1N1CCN([C@@H](C)c2ccc(Oc3ccccc3)cc2)CC1. The zero-order valence-corrected chi connectivity index (χ0v) is 17.6. The van der Waals surface area contributed by atoms with E-state index in [0.717, 1.165) is 55.1 Å². The van der Waals surface area contributed by atoms with Crippen molar-refractivity contribution < 1.29 is 9.53 Å². The summed E-state index contributed by atoms with van der Waals surface area (Å²) in [6.45, 7) is 8.35. The molecular formula is C26H28N2O2. The average molecular weight is 401 g/mol. The highest BCUT2D eigenvalue weighted by atomic mass is 16.5. The summed E-state index contributed by atoms with van der Waals surface area (Å²) >= 11 is 0. The first-order valence-electron chi connectivity index (χ1n) is 10.5. The van der Waals surface area contributed by atoms with Crippen LogP contribution in [0.4, 0.5) is 5.69 Å². The van der Waals surface area contributed by atoms with Gasteiger partial charge in [0, 0.05) is 43.5 Å². The molecule has 1 aliphatic heterocycles. The second-order valence-electron chi connectivity index (χ2n) is 7.85. The minimum absolute atomic E-state index is 0.358. The minimum atomic E-state index is 0.358. The van der Waals surface area contributed by atoms with E-state index in [1.807, 2.05) is 54.6 Å². The molecule has 3 aromatic carbocycles. The number of anilines is 1. The molecule has 0 aromatic heterocycles. The van der Waals surface area contributed by atoms with Gasteiger partial charge in [-0.3, -0.25) is 9.69 Å². The maximum atomic E-state index is 11.0. The van der Waals surface area contributed by atoms with Gasteiger partial charge in [-0.2, -0.15) is 0 Å². The second kappa shape index (κ2) is 9.14. The molecule has 0 spiro atoms. The summed E-state index contributed by atoms with van der Waals surface area (Å²) < 4.78 is 5.91. The molecule has 1 aliphatic rings. The molecule has 1 fully saturated rings. The van der Waals surface area contributed by atoms with Gasteiger partial charge in [0.25, 0.3) is 0 Å². The van der Waals surface area contributed by atoms with Crippen molar-refractivity contribution in [1.29, 1.82) is 0 Å². The van der Waals surface area contributed by atoms with Crippen LogP contribution in [0.25, 0.3) is 0 Å². The zero-order valence-electron chi connectivity index (χ0n) is 17.6. The van der Waals surface area contributed by atoms with Gasteiger partial charge in [-0.15, -0.1) is 0 Å². The normalized spacial score (nSPS) is 15.6. The lowest BCUT2D eigenvalue weighted by Gasteiger charge is -2.39. The molecule has 0 amide bonds. The van der Waals surface area contributed by atoms with Crippen LogP contribution >= 0.6 is 0 Å². The van der Waals surface area contributed by atoms with Crippen molar-refractivity contribution in [2.45, 2.75) is 19.9 Å². The standard InChI is InChI=1S/C26H28N2O2/c1-20-18-22(19-29)8-13-26(20)28-16-14-27(15-17-28)21(2)23-9-11-25(12-10-23)30-24-6-4-3-5-7-24/h3-13,18-19,21H,14-17H2,1-2H3/t21-/m0/s1. The summed E-state index contributed by atoms with van der Waals surface area (Å²) in [7, 11) is 0. The maximum Gasteiger partial charge on any atom is 0.150 e. The zero-order chi connectivity index (χ0) is 20.9. The Kier molecular flexibility index (Phi) is 6.15. The van der Waals surface area contributed by atoms with Crippen molar-refractivity contribution in [3.63, 3.8) is 0 Å². The topological polar surface area (TPSA) is 32.8 Å². The van der Waals surface area contributed by atoms with Gasteiger partial charge in [0.05, 0.1) is 0 Å². The fourth-order valence-corrected chi connectivity index (χ4v) is 4.11. The Morgan fingerprint density at radius 2 is 1.53 bits per heavy atom. The Morgan fingerprint density at radius 3 is 2.17 bits per heavy atom. The molecule has 30 heavy (non-hydrogen) atoms. The van der Waals surface area contributed by atoms with Crippen LogP contribution in [0.1, 0.15) is 34.5 Å². The first kappa shape index (κ1) is 20.2. The van der Waals surface area contributed by atoms with E-state index in [2.05, 4.69) is 41.8 Å². The Morgan fingerprint density at radius 1 is 0.867 bits per heavy atom. The quantitative estimate of drug-likeness (QED) is 0.513. The van der Waals surface area contributed by atoms with Gasteiger partial charge < -0.3 is 9.64 Å². The van der Waals surface area contributed by atoms with E-state index in [1.54, 1.807) is 0 Å². The number of carbonyl (C=O) groups is 1. The summed E-state index contributed by atoms with van der Waals surface area (Å²) in [4.78, 5) is 15.9. The van der Waals surface area contributed by atoms with Crippen LogP contribution in [0.3, 0.4) is 0 Å². The molecule has 0 radical (unpaired) electrons. The molecule has 1 atom stereocenters. The van der Waals surface area contributed by atoms with Gasteiger partial charge >= 0.3 is 0 Å². The van der Waals surface area contributed by atoms with Gasteiger partial charge in [0.2, 0.25) is 0 Å². The average Bonchev–Trinajstić information content (AvgIpc) is 2.80. The van der Waals surface area contributed by atoms with Crippen molar-refractivity contribution in [2.24, 2.45) is 0 Å². The Hall–Kier alpha value is -3.11. The number of rotatable bonds is 6. The number of carbonyl (C=O) groups excluding carboxylic acids is 1. The highest BCUT2D eigenvalue weighted by molar-refractivity contribution is 5.77. The number of benzene rings is 3. The Labute approximate surface area is 178 Å². The van der Waals surface area contributed by atoms with E-state index in [1.165, 1.54) is 11.3 Å². The van der Waals surface area contributed by atoms with E-state index in [9.17, 15) is 4.79 Å². The van der Waals surface area contributed by atoms with E-state index in [-0.39, 0.29) is 0 Å². The summed E-state index contributed by atoms with van der Waals surface area (Å²) in [6, 6.07) is 24.6. The Bertz CT molecular complexity index is 978. The number of piperazine rings is 1. The van der Waals surface area contributed by atoms with Crippen molar-refractivity contribution >= 4 is 12.0 Å². The van der Waals surface area contributed by atoms with Crippen LogP contribution in [0.5, 0.6) is 11.5 Å². The van der Waals surface area contributed by atoms with Crippen LogP contribution in [-0.4, -0.2) is 37.4 Å².